The minimum atomic E-state index is 0.182. The molecule has 0 aromatic heterocycles. The molecule has 1 aromatic carbocycles. The van der Waals surface area contributed by atoms with E-state index in [4.69, 9.17) is 0 Å². The van der Waals surface area contributed by atoms with Crippen LogP contribution in [0.4, 0.5) is 5.69 Å². The number of anilines is 1. The lowest BCUT2D eigenvalue weighted by molar-refractivity contribution is -0.124. The molecule has 2 aliphatic rings. The molecule has 0 radical (unpaired) electrons. The monoisotopic (exact) mass is 333 g/mol. The average Bonchev–Trinajstić information content (AvgIpc) is 2.46. The highest BCUT2D eigenvalue weighted by Gasteiger charge is 2.34. The summed E-state index contributed by atoms with van der Waals surface area (Å²) in [5.41, 5.74) is 1.71. The molecular formula is C15H16BrN3O. The maximum atomic E-state index is 11.4. The minimum Gasteiger partial charge on any atom is -0.370 e. The van der Waals surface area contributed by atoms with Crippen molar-refractivity contribution in [2.24, 2.45) is 5.92 Å². The number of nitrogens with one attached hydrogen (secondary N) is 1. The normalized spacial score (nSPS) is 25.6. The molecule has 0 spiro atoms. The Morgan fingerprint density at radius 3 is 3.05 bits per heavy atom. The van der Waals surface area contributed by atoms with Crippen molar-refractivity contribution in [3.63, 3.8) is 0 Å². The predicted octanol–water partition coefficient (Wildman–Crippen LogP) is 2.43. The molecule has 2 heterocycles. The van der Waals surface area contributed by atoms with E-state index in [0.29, 0.717) is 23.9 Å². The largest absolute Gasteiger partial charge is 0.370 e. The van der Waals surface area contributed by atoms with Gasteiger partial charge in [-0.2, -0.15) is 5.26 Å². The van der Waals surface area contributed by atoms with Crippen LogP contribution in [-0.2, 0) is 4.79 Å². The Balaban J connectivity index is 1.80. The quantitative estimate of drug-likeness (QED) is 0.858. The number of hydrogen-bond donors (Lipinski definition) is 1. The van der Waals surface area contributed by atoms with Gasteiger partial charge in [0.25, 0.3) is 0 Å². The zero-order valence-electron chi connectivity index (χ0n) is 11.1. The van der Waals surface area contributed by atoms with Crippen molar-refractivity contribution >= 4 is 27.5 Å². The SMILES string of the molecule is N#Cc1cc(Br)ccc1N1CCC2NC(=O)CCC2C1. The lowest BCUT2D eigenvalue weighted by Gasteiger charge is -2.42. The van der Waals surface area contributed by atoms with E-state index < -0.39 is 0 Å². The number of nitriles is 1. The second kappa shape index (κ2) is 5.45. The molecule has 104 valence electrons. The minimum absolute atomic E-state index is 0.182. The Morgan fingerprint density at radius 1 is 1.40 bits per heavy atom. The molecule has 2 atom stereocenters. The molecule has 0 bridgehead atoms. The van der Waals surface area contributed by atoms with Gasteiger partial charge in [-0.25, -0.2) is 0 Å². The highest BCUT2D eigenvalue weighted by molar-refractivity contribution is 9.10. The number of halogens is 1. The summed E-state index contributed by atoms with van der Waals surface area (Å²) in [6, 6.07) is 8.43. The Hall–Kier alpha value is -1.54. The van der Waals surface area contributed by atoms with Crippen LogP contribution < -0.4 is 10.2 Å². The molecule has 20 heavy (non-hydrogen) atoms. The van der Waals surface area contributed by atoms with Crippen LogP contribution in [0.25, 0.3) is 0 Å². The summed E-state index contributed by atoms with van der Waals surface area (Å²) in [7, 11) is 0. The van der Waals surface area contributed by atoms with Crippen LogP contribution in [0.1, 0.15) is 24.8 Å². The van der Waals surface area contributed by atoms with E-state index >= 15 is 0 Å². The summed E-state index contributed by atoms with van der Waals surface area (Å²) in [6.45, 7) is 1.80. The molecule has 1 aromatic rings. The van der Waals surface area contributed by atoms with Crippen molar-refractivity contribution < 1.29 is 4.79 Å². The first-order valence-corrected chi connectivity index (χ1v) is 7.70. The van der Waals surface area contributed by atoms with Gasteiger partial charge in [-0.3, -0.25) is 4.79 Å². The summed E-state index contributed by atoms with van der Waals surface area (Å²) >= 11 is 3.41. The van der Waals surface area contributed by atoms with Crippen molar-refractivity contribution in [3.8, 4) is 6.07 Å². The van der Waals surface area contributed by atoms with Crippen LogP contribution in [0.15, 0.2) is 22.7 Å². The second-order valence-electron chi connectivity index (χ2n) is 5.48. The van der Waals surface area contributed by atoms with E-state index in [2.05, 4.69) is 32.2 Å². The first-order chi connectivity index (χ1) is 9.67. The summed E-state index contributed by atoms with van der Waals surface area (Å²) in [6.07, 6.45) is 2.53. The third kappa shape index (κ3) is 2.53. The van der Waals surface area contributed by atoms with Gasteiger partial charge in [0.1, 0.15) is 6.07 Å². The number of piperidine rings is 2. The van der Waals surface area contributed by atoms with Crippen LogP contribution in [0.3, 0.4) is 0 Å². The summed E-state index contributed by atoms with van der Waals surface area (Å²) in [5, 5.41) is 12.4. The van der Waals surface area contributed by atoms with Gasteiger partial charge in [0.2, 0.25) is 5.91 Å². The molecule has 4 nitrogen and oxygen atoms in total. The summed E-state index contributed by atoms with van der Waals surface area (Å²) < 4.78 is 0.928. The third-order valence-corrected chi connectivity index (χ3v) is 4.74. The lowest BCUT2D eigenvalue weighted by atomic mass is 9.85. The molecular weight excluding hydrogens is 318 g/mol. The smallest absolute Gasteiger partial charge is 0.220 e. The molecule has 2 unspecified atom stereocenters. The topological polar surface area (TPSA) is 56.1 Å². The van der Waals surface area contributed by atoms with Gasteiger partial charge in [-0.05, 0) is 37.0 Å². The van der Waals surface area contributed by atoms with Crippen LogP contribution >= 0.6 is 15.9 Å². The van der Waals surface area contributed by atoms with E-state index in [1.165, 1.54) is 0 Å². The Bertz CT molecular complexity index is 581. The van der Waals surface area contributed by atoms with Gasteiger partial charge in [0.15, 0.2) is 0 Å². The van der Waals surface area contributed by atoms with Gasteiger partial charge in [0, 0.05) is 30.0 Å². The van der Waals surface area contributed by atoms with Gasteiger partial charge < -0.3 is 10.2 Å². The van der Waals surface area contributed by atoms with E-state index in [1.54, 1.807) is 0 Å². The molecule has 1 amide bonds. The Labute approximate surface area is 126 Å². The zero-order chi connectivity index (χ0) is 14.1. The highest BCUT2D eigenvalue weighted by atomic mass is 79.9. The molecule has 0 saturated carbocycles. The van der Waals surface area contributed by atoms with Gasteiger partial charge in [-0.1, -0.05) is 15.9 Å². The van der Waals surface area contributed by atoms with E-state index in [1.807, 2.05) is 18.2 Å². The van der Waals surface area contributed by atoms with Gasteiger partial charge >= 0.3 is 0 Å². The average molecular weight is 334 g/mol. The standard InChI is InChI=1S/C15H16BrN3O/c16-12-2-3-14(11(7-12)8-17)19-6-5-13-10(9-19)1-4-15(20)18-13/h2-3,7,10,13H,1,4-6,9H2,(H,18,20). The Kier molecular flexibility index (Phi) is 3.66. The van der Waals surface area contributed by atoms with E-state index in [-0.39, 0.29) is 5.91 Å². The van der Waals surface area contributed by atoms with Gasteiger partial charge in [0.05, 0.1) is 11.3 Å². The van der Waals surface area contributed by atoms with Crippen LogP contribution in [0.5, 0.6) is 0 Å². The zero-order valence-corrected chi connectivity index (χ0v) is 12.7. The fourth-order valence-electron chi connectivity index (χ4n) is 3.20. The molecule has 2 fully saturated rings. The third-order valence-electron chi connectivity index (χ3n) is 4.24. The Morgan fingerprint density at radius 2 is 2.25 bits per heavy atom. The molecule has 2 aliphatic heterocycles. The summed E-state index contributed by atoms with van der Waals surface area (Å²) in [4.78, 5) is 13.7. The number of amides is 1. The number of carbonyl (C=O) groups is 1. The first kappa shape index (κ1) is 13.4. The predicted molar refractivity (Wildman–Crippen MR) is 80.3 cm³/mol. The second-order valence-corrected chi connectivity index (χ2v) is 6.40. The number of nitrogens with zero attached hydrogens (tertiary/aromatic N) is 2. The van der Waals surface area contributed by atoms with E-state index in [9.17, 15) is 10.1 Å². The lowest BCUT2D eigenvalue weighted by Crippen LogP contribution is -2.54. The van der Waals surface area contributed by atoms with Crippen LogP contribution in [-0.4, -0.2) is 25.0 Å². The molecule has 0 aliphatic carbocycles. The number of hydrogen-bond acceptors (Lipinski definition) is 3. The molecule has 2 saturated heterocycles. The molecule has 3 rings (SSSR count). The van der Waals surface area contributed by atoms with Crippen molar-refractivity contribution in [2.75, 3.05) is 18.0 Å². The van der Waals surface area contributed by atoms with Crippen molar-refractivity contribution in [3.05, 3.63) is 28.2 Å². The van der Waals surface area contributed by atoms with Crippen LogP contribution in [0, 0.1) is 17.2 Å². The number of rotatable bonds is 1. The number of fused-ring (bicyclic) bond motifs is 1. The number of benzene rings is 1. The van der Waals surface area contributed by atoms with Crippen molar-refractivity contribution in [1.29, 1.82) is 5.26 Å². The maximum absolute atomic E-state index is 11.4. The fourth-order valence-corrected chi connectivity index (χ4v) is 3.56. The maximum Gasteiger partial charge on any atom is 0.220 e. The van der Waals surface area contributed by atoms with E-state index in [0.717, 1.165) is 36.1 Å². The summed E-state index contributed by atoms with van der Waals surface area (Å²) in [5.74, 6) is 0.678. The van der Waals surface area contributed by atoms with Crippen molar-refractivity contribution in [2.45, 2.75) is 25.3 Å². The molecule has 5 heteroatoms. The van der Waals surface area contributed by atoms with Gasteiger partial charge in [-0.15, -0.1) is 0 Å². The van der Waals surface area contributed by atoms with Crippen LogP contribution in [0.2, 0.25) is 0 Å². The molecule has 1 N–H and O–H groups in total. The van der Waals surface area contributed by atoms with Crippen molar-refractivity contribution in [1.82, 2.24) is 5.32 Å². The first-order valence-electron chi connectivity index (χ1n) is 6.91. The number of carbonyl (C=O) groups excluding carboxylic acids is 1. The fraction of sp³-hybridized carbons (Fsp3) is 0.467. The highest BCUT2D eigenvalue weighted by Crippen LogP contribution is 2.31.